The zero-order valence-electron chi connectivity index (χ0n) is 13.7. The smallest absolute Gasteiger partial charge is 0.458 e. The number of nitrogens with zero attached hydrogens (tertiary/aromatic N) is 2. The number of esters is 1. The van der Waals surface area contributed by atoms with Gasteiger partial charge in [-0.05, 0) is 26.8 Å². The van der Waals surface area contributed by atoms with Crippen molar-refractivity contribution in [3.05, 3.63) is 47.8 Å². The normalized spacial score (nSPS) is 13.0. The monoisotopic (exact) mass is 360 g/mol. The Labute approximate surface area is 141 Å². The van der Waals surface area contributed by atoms with Crippen LogP contribution in [0.25, 0.3) is 0 Å². The summed E-state index contributed by atoms with van der Waals surface area (Å²) < 4.78 is 61.7. The van der Waals surface area contributed by atoms with E-state index in [0.717, 1.165) is 17.0 Å². The quantitative estimate of drug-likeness (QED) is 0.595. The van der Waals surface area contributed by atoms with E-state index in [1.165, 1.54) is 25.1 Å². The first-order valence-electron chi connectivity index (χ1n) is 7.38. The molecule has 2 aromatic rings. The van der Waals surface area contributed by atoms with Crippen LogP contribution in [0.4, 0.5) is 17.6 Å². The number of ether oxygens (including phenoxy) is 2. The second kappa shape index (κ2) is 7.12. The molecule has 5 nitrogen and oxygen atoms in total. The predicted octanol–water partition coefficient (Wildman–Crippen LogP) is 4.10. The molecule has 1 heterocycles. The Bertz CT molecular complexity index is 756. The number of hydrogen-bond donors (Lipinski definition) is 0. The van der Waals surface area contributed by atoms with Crippen molar-refractivity contribution in [3.8, 4) is 5.75 Å². The van der Waals surface area contributed by atoms with Gasteiger partial charge < -0.3 is 14.0 Å². The fourth-order valence-electron chi connectivity index (χ4n) is 2.28. The maximum atomic E-state index is 13.9. The van der Waals surface area contributed by atoms with E-state index in [1.54, 1.807) is 13.8 Å². The molecule has 0 saturated carbocycles. The van der Waals surface area contributed by atoms with Crippen LogP contribution in [0.3, 0.4) is 0 Å². The minimum atomic E-state index is -4.88. The number of halogens is 4. The number of carbonyl (C=O) groups excluding carboxylic acids is 1. The van der Waals surface area contributed by atoms with Crippen LogP contribution in [0.5, 0.6) is 5.75 Å². The van der Waals surface area contributed by atoms with Gasteiger partial charge in [-0.2, -0.15) is 4.39 Å². The van der Waals surface area contributed by atoms with Crippen LogP contribution >= 0.6 is 0 Å². The molecule has 2 rings (SSSR count). The van der Waals surface area contributed by atoms with E-state index in [4.69, 9.17) is 4.74 Å². The van der Waals surface area contributed by atoms with Gasteiger partial charge in [-0.1, -0.05) is 18.2 Å². The number of aromatic nitrogens is 2. The van der Waals surface area contributed by atoms with Crippen LogP contribution in [0, 0.1) is 5.95 Å². The van der Waals surface area contributed by atoms with Gasteiger partial charge in [0.05, 0.1) is 18.5 Å². The summed E-state index contributed by atoms with van der Waals surface area (Å²) in [6.07, 6.45) is -4.34. The first kappa shape index (κ1) is 18.8. The fraction of sp³-hybridized carbons (Fsp3) is 0.375. The van der Waals surface area contributed by atoms with Crippen LogP contribution in [-0.4, -0.2) is 28.0 Å². The molecule has 0 radical (unpaired) electrons. The maximum Gasteiger partial charge on any atom is 0.573 e. The molecule has 0 N–H and O–H groups in total. The van der Waals surface area contributed by atoms with Crippen molar-refractivity contribution in [2.75, 3.05) is 0 Å². The average Bonchev–Trinajstić information content (AvgIpc) is 2.86. The van der Waals surface area contributed by atoms with E-state index in [1.807, 2.05) is 0 Å². The lowest BCUT2D eigenvalue weighted by Crippen LogP contribution is -2.21. The number of para-hydroxylation sites is 1. The van der Waals surface area contributed by atoms with Crippen molar-refractivity contribution in [2.24, 2.45) is 0 Å². The lowest BCUT2D eigenvalue weighted by Gasteiger charge is -2.20. The Balaban J connectivity index is 2.43. The molecule has 1 aromatic carbocycles. The Morgan fingerprint density at radius 3 is 2.44 bits per heavy atom. The minimum Gasteiger partial charge on any atom is -0.458 e. The molecule has 1 aromatic heterocycles. The number of rotatable bonds is 5. The molecule has 0 spiro atoms. The van der Waals surface area contributed by atoms with E-state index in [-0.39, 0.29) is 5.56 Å². The van der Waals surface area contributed by atoms with Crippen molar-refractivity contribution >= 4 is 5.97 Å². The lowest BCUT2D eigenvalue weighted by atomic mass is 10.1. The topological polar surface area (TPSA) is 53.3 Å². The summed E-state index contributed by atoms with van der Waals surface area (Å²) in [6.45, 7) is 4.67. The van der Waals surface area contributed by atoms with E-state index in [0.29, 0.717) is 0 Å². The Hall–Kier alpha value is -2.58. The van der Waals surface area contributed by atoms with Gasteiger partial charge in [0.1, 0.15) is 5.75 Å². The molecule has 136 valence electrons. The minimum absolute atomic E-state index is 0.107. The summed E-state index contributed by atoms with van der Waals surface area (Å²) in [5.74, 6) is -2.46. The Morgan fingerprint density at radius 1 is 1.20 bits per heavy atom. The van der Waals surface area contributed by atoms with Gasteiger partial charge in [0.15, 0.2) is 5.69 Å². The number of alkyl halides is 3. The SMILES string of the molecule is CC(C)OC(=O)c1c(F)ncn1C(C)c1ccccc1OC(F)(F)F. The second-order valence-electron chi connectivity index (χ2n) is 5.51. The van der Waals surface area contributed by atoms with Crippen LogP contribution in [0.15, 0.2) is 30.6 Å². The zero-order valence-corrected chi connectivity index (χ0v) is 13.7. The predicted molar refractivity (Wildman–Crippen MR) is 79.7 cm³/mol. The summed E-state index contributed by atoms with van der Waals surface area (Å²) in [5, 5.41) is 0. The molecule has 0 aliphatic heterocycles. The van der Waals surface area contributed by atoms with Gasteiger partial charge in [0.25, 0.3) is 0 Å². The molecule has 0 fully saturated rings. The third kappa shape index (κ3) is 4.49. The van der Waals surface area contributed by atoms with Crippen LogP contribution in [0.1, 0.15) is 42.9 Å². The molecule has 1 unspecified atom stereocenters. The molecule has 0 saturated heterocycles. The maximum absolute atomic E-state index is 13.9. The molecule has 1 atom stereocenters. The van der Waals surface area contributed by atoms with Crippen molar-refractivity contribution < 1.29 is 31.8 Å². The summed E-state index contributed by atoms with van der Waals surface area (Å²) in [5.41, 5.74) is -0.362. The first-order chi connectivity index (χ1) is 11.6. The van der Waals surface area contributed by atoms with Gasteiger partial charge in [-0.3, -0.25) is 0 Å². The molecular formula is C16H16F4N2O3. The van der Waals surface area contributed by atoms with Crippen molar-refractivity contribution in [2.45, 2.75) is 39.3 Å². The van der Waals surface area contributed by atoms with Gasteiger partial charge >= 0.3 is 12.3 Å². The highest BCUT2D eigenvalue weighted by atomic mass is 19.4. The highest BCUT2D eigenvalue weighted by molar-refractivity contribution is 5.87. The second-order valence-corrected chi connectivity index (χ2v) is 5.51. The van der Waals surface area contributed by atoms with Crippen molar-refractivity contribution in [1.82, 2.24) is 9.55 Å². The first-order valence-corrected chi connectivity index (χ1v) is 7.38. The molecule has 0 amide bonds. The Kier molecular flexibility index (Phi) is 5.34. The Morgan fingerprint density at radius 2 is 1.84 bits per heavy atom. The molecule has 0 aliphatic carbocycles. The summed E-state index contributed by atoms with van der Waals surface area (Å²) in [4.78, 5) is 15.5. The van der Waals surface area contributed by atoms with Crippen LogP contribution in [0.2, 0.25) is 0 Å². The third-order valence-corrected chi connectivity index (χ3v) is 3.30. The highest BCUT2D eigenvalue weighted by Gasteiger charge is 2.33. The molecule has 25 heavy (non-hydrogen) atoms. The van der Waals surface area contributed by atoms with E-state index < -0.39 is 41.9 Å². The molecule has 9 heteroatoms. The summed E-state index contributed by atoms with van der Waals surface area (Å²) in [7, 11) is 0. The van der Waals surface area contributed by atoms with Gasteiger partial charge in [0.2, 0.25) is 5.95 Å². The van der Waals surface area contributed by atoms with E-state index in [9.17, 15) is 22.4 Å². The van der Waals surface area contributed by atoms with E-state index >= 15 is 0 Å². The summed E-state index contributed by atoms with van der Waals surface area (Å²) >= 11 is 0. The number of benzene rings is 1. The molecule has 0 bridgehead atoms. The van der Waals surface area contributed by atoms with Crippen LogP contribution < -0.4 is 4.74 Å². The standard InChI is InChI=1S/C16H16F4N2O3/c1-9(2)24-15(23)13-14(17)21-8-22(13)10(3)11-6-4-5-7-12(11)25-16(18,19)20/h4-10H,1-3H3. The van der Waals surface area contributed by atoms with Gasteiger partial charge in [0, 0.05) is 5.56 Å². The largest absolute Gasteiger partial charge is 0.573 e. The van der Waals surface area contributed by atoms with Crippen LogP contribution in [-0.2, 0) is 4.74 Å². The average molecular weight is 360 g/mol. The molecular weight excluding hydrogens is 344 g/mol. The van der Waals surface area contributed by atoms with E-state index in [2.05, 4.69) is 9.72 Å². The number of imidazole rings is 1. The fourth-order valence-corrected chi connectivity index (χ4v) is 2.28. The van der Waals surface area contributed by atoms with Gasteiger partial charge in [-0.25, -0.2) is 9.78 Å². The summed E-state index contributed by atoms with van der Waals surface area (Å²) in [6, 6.07) is 4.55. The lowest BCUT2D eigenvalue weighted by molar-refractivity contribution is -0.275. The molecule has 0 aliphatic rings. The van der Waals surface area contributed by atoms with Crippen molar-refractivity contribution in [1.29, 1.82) is 0 Å². The highest BCUT2D eigenvalue weighted by Crippen LogP contribution is 2.33. The zero-order chi connectivity index (χ0) is 18.8. The van der Waals surface area contributed by atoms with Gasteiger partial charge in [-0.15, -0.1) is 13.2 Å². The number of hydrogen-bond acceptors (Lipinski definition) is 4. The number of carbonyl (C=O) groups is 1. The van der Waals surface area contributed by atoms with Crippen molar-refractivity contribution in [3.63, 3.8) is 0 Å². The third-order valence-electron chi connectivity index (χ3n) is 3.30.